The molecule has 2 saturated heterocycles. The number of hydrogen-bond acceptors (Lipinski definition) is 21. The number of fused-ring (bicyclic) bond motifs is 3. The van der Waals surface area contributed by atoms with Crippen molar-refractivity contribution in [3.63, 3.8) is 0 Å². The molecule has 0 spiro atoms. The highest BCUT2D eigenvalue weighted by atomic mass is 16.7. The minimum atomic E-state index is -2.58. The summed E-state index contributed by atoms with van der Waals surface area (Å²) in [7, 11) is 4.54. The van der Waals surface area contributed by atoms with Crippen molar-refractivity contribution in [1.82, 2.24) is 4.90 Å². The van der Waals surface area contributed by atoms with Crippen LogP contribution >= 0.6 is 0 Å². The number of rotatable bonds is 48. The van der Waals surface area contributed by atoms with Crippen molar-refractivity contribution in [3.8, 4) is 0 Å². The normalized spacial score (nSPS) is 26.6. The van der Waals surface area contributed by atoms with Gasteiger partial charge in [-0.05, 0) is 115 Å². The highest BCUT2D eigenvalue weighted by Crippen LogP contribution is 2.40. The molecule has 2 N–H and O–H groups in total. The van der Waals surface area contributed by atoms with E-state index in [4.69, 9.17) is 47.4 Å². The van der Waals surface area contributed by atoms with E-state index in [-0.39, 0.29) is 109 Å². The van der Waals surface area contributed by atoms with Gasteiger partial charge in [-0.25, -0.2) is 4.79 Å². The third-order valence-corrected chi connectivity index (χ3v) is 22.6. The van der Waals surface area contributed by atoms with E-state index in [1.165, 1.54) is 137 Å². The second kappa shape index (κ2) is 56.8. The summed E-state index contributed by atoms with van der Waals surface area (Å²) in [5.41, 5.74) is 1.47. The Balaban J connectivity index is 0.0000314. The maximum absolute atomic E-state index is 14.8. The Morgan fingerprint density at radius 1 is 0.609 bits per heavy atom. The van der Waals surface area contributed by atoms with Crippen LogP contribution in [0, 0.1) is 29.6 Å². The first-order valence-corrected chi connectivity index (χ1v) is 42.5. The maximum Gasteiger partial charge on any atom is 0.329 e. The van der Waals surface area contributed by atoms with Gasteiger partial charge in [0.2, 0.25) is 5.79 Å². The molecule has 0 aromatic rings. The number of nitrogens with zero attached hydrogens (tertiary/aromatic N) is 1. The molecule has 22 nitrogen and oxygen atoms in total. The zero-order chi connectivity index (χ0) is 79.9. The van der Waals surface area contributed by atoms with Crippen LogP contribution in [0.1, 0.15) is 332 Å². The number of amides is 1. The highest BCUT2D eigenvalue weighted by molar-refractivity contribution is 6.39. The summed E-state index contributed by atoms with van der Waals surface area (Å²) in [6.45, 7) is 16.7. The van der Waals surface area contributed by atoms with E-state index in [9.17, 15) is 53.4 Å². The quantitative estimate of drug-likeness (QED) is 0.0188. The first-order valence-electron chi connectivity index (χ1n) is 42.5. The van der Waals surface area contributed by atoms with E-state index >= 15 is 0 Å². The lowest BCUT2D eigenvalue weighted by molar-refractivity contribution is -0.302. The molecule has 632 valence electrons. The Labute approximate surface area is 661 Å². The molecular weight excluding hydrogens is 1410 g/mol. The number of aliphatic hydroxyl groups excluding tert-OH is 1. The van der Waals surface area contributed by atoms with Crippen molar-refractivity contribution in [2.75, 3.05) is 47.7 Å². The van der Waals surface area contributed by atoms with Crippen molar-refractivity contribution in [2.45, 2.75) is 393 Å². The Morgan fingerprint density at radius 2 is 1.11 bits per heavy atom. The zero-order valence-electron chi connectivity index (χ0n) is 68.9. The second-order valence-corrected chi connectivity index (χ2v) is 32.0. The number of hydrogen-bond donors (Lipinski definition) is 2. The number of cyclic esters (lactones) is 1. The summed E-state index contributed by atoms with van der Waals surface area (Å²) in [6.07, 6.45) is 32.6. The Bertz CT molecular complexity index is 2700. The maximum atomic E-state index is 14.8. The highest BCUT2D eigenvalue weighted by Gasteiger charge is 2.57. The van der Waals surface area contributed by atoms with Crippen LogP contribution in [-0.2, 0) is 90.5 Å². The average Bonchev–Trinajstić information content (AvgIpc) is 0.766. The minimum Gasteiger partial charge on any atom is -0.466 e. The van der Waals surface area contributed by atoms with Crippen LogP contribution in [-0.4, -0.2) is 177 Å². The van der Waals surface area contributed by atoms with Crippen LogP contribution in [0.4, 0.5) is 0 Å². The molecule has 1 unspecified atom stereocenters. The molecule has 3 fully saturated rings. The van der Waals surface area contributed by atoms with Crippen LogP contribution in [0.15, 0.2) is 36.0 Å². The van der Waals surface area contributed by atoms with Gasteiger partial charge in [0.1, 0.15) is 43.4 Å². The minimum absolute atomic E-state index is 0. The van der Waals surface area contributed by atoms with E-state index in [0.29, 0.717) is 69.8 Å². The van der Waals surface area contributed by atoms with Gasteiger partial charge in [-0.15, -0.1) is 6.58 Å². The lowest BCUT2D eigenvalue weighted by Gasteiger charge is -2.47. The predicted octanol–water partition coefficient (Wildman–Crippen LogP) is 16.9. The number of esters is 6. The number of carbonyl (C=O) groups is 9. The Morgan fingerprint density at radius 3 is 1.64 bits per heavy atom. The van der Waals surface area contributed by atoms with Gasteiger partial charge >= 0.3 is 35.8 Å². The van der Waals surface area contributed by atoms with Gasteiger partial charge in [0.15, 0.2) is 6.10 Å². The van der Waals surface area contributed by atoms with Crippen molar-refractivity contribution in [1.29, 1.82) is 0 Å². The van der Waals surface area contributed by atoms with Crippen LogP contribution < -0.4 is 0 Å². The van der Waals surface area contributed by atoms with Crippen LogP contribution in [0.5, 0.6) is 0 Å². The van der Waals surface area contributed by atoms with Crippen LogP contribution in [0.25, 0.3) is 0 Å². The van der Waals surface area contributed by atoms with Gasteiger partial charge in [-0.1, -0.05) is 220 Å². The van der Waals surface area contributed by atoms with Gasteiger partial charge < -0.3 is 62.5 Å². The molecule has 2 bridgehead atoms. The summed E-state index contributed by atoms with van der Waals surface area (Å²) in [5, 5.41) is 24.3. The number of carbonyl (C=O) groups excluding carboxylic acids is 9. The number of ether oxygens (including phenoxy) is 10. The van der Waals surface area contributed by atoms with Gasteiger partial charge in [-0.2, -0.15) is 0 Å². The molecule has 0 aromatic heterocycles. The summed E-state index contributed by atoms with van der Waals surface area (Å²) >= 11 is 0. The Kier molecular flexibility index (Phi) is 51.0. The van der Waals surface area contributed by atoms with E-state index < -0.39 is 126 Å². The molecule has 14 atom stereocenters. The molecule has 22 heteroatoms. The molecule has 1 aliphatic carbocycles. The average molecular weight is 1560 g/mol. The first kappa shape index (κ1) is 98.8. The summed E-state index contributed by atoms with van der Waals surface area (Å²) in [6, 6.07) is -1.24. The molecule has 4 rings (SSSR count). The molecule has 1 amide bonds. The smallest absolute Gasteiger partial charge is 0.329 e. The molecule has 0 radical (unpaired) electrons. The topological polar surface area (TPSA) is 290 Å². The number of methoxy groups -OCH3 is 3. The Hall–Kier alpha value is -5.39. The SMILES string of the molecule is C.C=CC[C@@H]1/C=C(\C)C[C@H](C)C[C@H](OC)[C@H]2O[C@@](O)(C(=O)C(=O)N3CCCC[C@H]3C(=O)O[C@H](/C(C)=C/C3CC[C@@H](OC(=O)CCCOC(=O)CCC(=O)OC(COC(=O)CCCCCCCCCCCCCCC)COC(=O)CCCCCCCCCCCCCCC)[C@H](OC)C3)[C@H](C)[C@@H](O)CC1=O)[C@H](C)C[C@@H]2OC. The number of aliphatic hydroxyl groups is 2. The molecule has 3 heterocycles. The van der Waals surface area contributed by atoms with Crippen molar-refractivity contribution < 1.29 is 101 Å². The predicted molar refractivity (Wildman–Crippen MR) is 425 cm³/mol. The standard InChI is InChI=1S/C87H145NO21.CH4/c1-12-15-17-19-21-23-25-27-29-31-33-35-37-44-77(91)104-60-69(61-105-78(92)45-38-36-34-32-30-28-26-24-22-20-18-16-13-2)106-81(95)50-49-79(93)103-52-41-46-80(94)107-73-48-47-67(58-74(73)100-9)56-64(6)82-66(8)71(89)59-72(90)68(42-14-3)54-62(4)53-63(5)55-75(101-10)83-76(102-11)57-65(7)87(99,109-83)84(96)85(97)88-51-40-39-43-70(88)86(98)108-82;/h14,54,56,63,65-71,73-76,82-83,89,99H,3,12-13,15-53,55,57-61H2,1-2,4-11H3;1H4/b62-54+,64-56+;/t63-,65+,66+,67?,68+,70-,71-,73+,74+,75-,76-,82+,83+,87+;/m0./s1. The number of unbranched alkanes of at least 4 members (excludes halogenated alkanes) is 24. The second-order valence-electron chi connectivity index (χ2n) is 32.0. The fourth-order valence-electron chi connectivity index (χ4n) is 15.9. The molecule has 4 aliphatic rings. The summed E-state index contributed by atoms with van der Waals surface area (Å²) in [5.74, 6) is -11.4. The molecule has 0 aromatic carbocycles. The van der Waals surface area contributed by atoms with Crippen molar-refractivity contribution >= 4 is 53.3 Å². The van der Waals surface area contributed by atoms with Gasteiger partial charge in [0, 0.05) is 71.3 Å². The summed E-state index contributed by atoms with van der Waals surface area (Å²) < 4.78 is 58.5. The number of ketones is 2. The van der Waals surface area contributed by atoms with E-state index in [1.54, 1.807) is 26.8 Å². The van der Waals surface area contributed by atoms with Crippen LogP contribution in [0.3, 0.4) is 0 Å². The number of Topliss-reactive ketones (excluding diaryl/α,β-unsaturated/α-hetero) is 2. The monoisotopic (exact) mass is 1560 g/mol. The molecule has 1 saturated carbocycles. The van der Waals surface area contributed by atoms with E-state index in [0.717, 1.165) is 49.0 Å². The van der Waals surface area contributed by atoms with Crippen LogP contribution in [0.2, 0.25) is 0 Å². The zero-order valence-corrected chi connectivity index (χ0v) is 68.9. The number of allylic oxidation sites excluding steroid dienone is 4. The van der Waals surface area contributed by atoms with Gasteiger partial charge in [0.05, 0.1) is 43.9 Å². The fourth-order valence-corrected chi connectivity index (χ4v) is 15.9. The molecule has 110 heavy (non-hydrogen) atoms. The first-order chi connectivity index (χ1) is 52.4. The lowest BCUT2D eigenvalue weighted by Crippen LogP contribution is -2.64. The van der Waals surface area contributed by atoms with E-state index in [2.05, 4.69) is 20.4 Å². The lowest BCUT2D eigenvalue weighted by atomic mass is 9.81. The third-order valence-electron chi connectivity index (χ3n) is 22.6. The van der Waals surface area contributed by atoms with Crippen molar-refractivity contribution in [3.05, 3.63) is 36.0 Å². The molecular formula is C88H149NO21. The summed E-state index contributed by atoms with van der Waals surface area (Å²) in [4.78, 5) is 124. The van der Waals surface area contributed by atoms with Crippen molar-refractivity contribution in [2.24, 2.45) is 29.6 Å². The van der Waals surface area contributed by atoms with Gasteiger partial charge in [0.25, 0.3) is 11.7 Å². The fraction of sp³-hybridized carbons (Fsp3) is 0.830. The third kappa shape index (κ3) is 37.3. The van der Waals surface area contributed by atoms with E-state index in [1.807, 2.05) is 26.0 Å². The number of piperidine rings is 1. The largest absolute Gasteiger partial charge is 0.466 e. The van der Waals surface area contributed by atoms with Gasteiger partial charge in [-0.3, -0.25) is 38.4 Å². The molecule has 3 aliphatic heterocycles.